The summed E-state index contributed by atoms with van der Waals surface area (Å²) in [4.78, 5) is 17.3. The molecule has 1 N–H and O–H groups in total. The number of nitrogens with one attached hydrogen (secondary N) is 1. The van der Waals surface area contributed by atoms with Crippen molar-refractivity contribution >= 4 is 11.6 Å². The van der Waals surface area contributed by atoms with Gasteiger partial charge in [-0.15, -0.1) is 0 Å². The minimum Gasteiger partial charge on any atom is -0.493 e. The zero-order valence-electron chi connectivity index (χ0n) is 19.1. The highest BCUT2D eigenvalue weighted by atomic mass is 16.5. The van der Waals surface area contributed by atoms with Crippen LogP contribution in [0.3, 0.4) is 0 Å². The molecule has 0 bridgehead atoms. The summed E-state index contributed by atoms with van der Waals surface area (Å²) in [5.41, 5.74) is 3.03. The van der Waals surface area contributed by atoms with Gasteiger partial charge in [-0.3, -0.25) is 14.6 Å². The Kier molecular flexibility index (Phi) is 7.76. The molecule has 1 heterocycles. The SMILES string of the molecule is COc1ccc(CN2CCN([C@H](C)C(=O)Nc3cccc(C)c3)CC2)c(OC)c1OC. The van der Waals surface area contributed by atoms with Crippen LogP contribution >= 0.6 is 0 Å². The van der Waals surface area contributed by atoms with Crippen molar-refractivity contribution < 1.29 is 19.0 Å². The summed E-state index contributed by atoms with van der Waals surface area (Å²) >= 11 is 0. The van der Waals surface area contributed by atoms with Crippen molar-refractivity contribution in [3.05, 3.63) is 47.5 Å². The molecule has 3 rings (SSSR count). The first-order valence-corrected chi connectivity index (χ1v) is 10.6. The summed E-state index contributed by atoms with van der Waals surface area (Å²) < 4.78 is 16.5. The molecule has 1 saturated heterocycles. The lowest BCUT2D eigenvalue weighted by molar-refractivity contribution is -0.121. The zero-order chi connectivity index (χ0) is 22.4. The Hall–Kier alpha value is -2.77. The van der Waals surface area contributed by atoms with E-state index in [1.54, 1.807) is 21.3 Å². The van der Waals surface area contributed by atoms with Crippen LogP contribution in [-0.4, -0.2) is 69.3 Å². The van der Waals surface area contributed by atoms with Crippen LogP contribution in [0.25, 0.3) is 0 Å². The smallest absolute Gasteiger partial charge is 0.241 e. The highest BCUT2D eigenvalue weighted by Gasteiger charge is 2.26. The summed E-state index contributed by atoms with van der Waals surface area (Å²) in [7, 11) is 4.88. The molecule has 1 amide bonds. The molecule has 0 saturated carbocycles. The summed E-state index contributed by atoms with van der Waals surface area (Å²) in [6.45, 7) is 8.15. The molecule has 2 aromatic rings. The summed E-state index contributed by atoms with van der Waals surface area (Å²) in [5, 5.41) is 3.03. The zero-order valence-corrected chi connectivity index (χ0v) is 19.1. The maximum Gasteiger partial charge on any atom is 0.241 e. The van der Waals surface area contributed by atoms with E-state index >= 15 is 0 Å². The van der Waals surface area contributed by atoms with Crippen molar-refractivity contribution in [1.82, 2.24) is 9.80 Å². The number of carbonyl (C=O) groups is 1. The Labute approximate surface area is 184 Å². The standard InChI is InChI=1S/C24H33N3O4/c1-17-7-6-8-20(15-17)25-24(28)18(2)27-13-11-26(12-14-27)16-19-9-10-21(29-3)23(31-5)22(19)30-4/h6-10,15,18H,11-14,16H2,1-5H3,(H,25,28)/t18-/m1/s1. The Bertz CT molecular complexity index is 894. The Morgan fingerprint density at radius 3 is 2.32 bits per heavy atom. The van der Waals surface area contributed by atoms with Gasteiger partial charge < -0.3 is 19.5 Å². The molecule has 2 aromatic carbocycles. The van der Waals surface area contributed by atoms with Crippen molar-refractivity contribution in [2.45, 2.75) is 26.4 Å². The third-order valence-corrected chi connectivity index (χ3v) is 5.80. The molecule has 0 aromatic heterocycles. The van der Waals surface area contributed by atoms with E-state index in [2.05, 4.69) is 15.1 Å². The molecule has 1 aliphatic heterocycles. The van der Waals surface area contributed by atoms with Gasteiger partial charge in [-0.2, -0.15) is 0 Å². The number of ether oxygens (including phenoxy) is 3. The van der Waals surface area contributed by atoms with Gasteiger partial charge in [0, 0.05) is 44.0 Å². The molecular formula is C24H33N3O4. The van der Waals surface area contributed by atoms with Crippen molar-refractivity contribution in [2.24, 2.45) is 0 Å². The number of hydrogen-bond donors (Lipinski definition) is 1. The van der Waals surface area contributed by atoms with E-state index in [-0.39, 0.29) is 11.9 Å². The van der Waals surface area contributed by atoms with Crippen LogP contribution in [0.5, 0.6) is 17.2 Å². The maximum atomic E-state index is 12.7. The second kappa shape index (κ2) is 10.5. The number of methoxy groups -OCH3 is 3. The summed E-state index contributed by atoms with van der Waals surface area (Å²) in [6, 6.07) is 11.6. The van der Waals surface area contributed by atoms with Gasteiger partial charge in [-0.05, 0) is 37.6 Å². The number of aryl methyl sites for hydroxylation is 1. The van der Waals surface area contributed by atoms with E-state index in [0.717, 1.165) is 49.5 Å². The van der Waals surface area contributed by atoms with Crippen LogP contribution in [0.4, 0.5) is 5.69 Å². The quantitative estimate of drug-likeness (QED) is 0.698. The predicted octanol–water partition coefficient (Wildman–Crippen LogP) is 3.17. The molecule has 0 unspecified atom stereocenters. The lowest BCUT2D eigenvalue weighted by atomic mass is 10.1. The first kappa shape index (κ1) is 22.9. The number of rotatable bonds is 8. The topological polar surface area (TPSA) is 63.3 Å². The minimum absolute atomic E-state index is 0.0283. The van der Waals surface area contributed by atoms with Gasteiger partial charge in [0.2, 0.25) is 11.7 Å². The van der Waals surface area contributed by atoms with Gasteiger partial charge >= 0.3 is 0 Å². The number of nitrogens with zero attached hydrogens (tertiary/aromatic N) is 2. The molecular weight excluding hydrogens is 394 g/mol. The van der Waals surface area contributed by atoms with Gasteiger partial charge in [0.05, 0.1) is 27.4 Å². The summed E-state index contributed by atoms with van der Waals surface area (Å²) in [5.74, 6) is 2.00. The third-order valence-electron chi connectivity index (χ3n) is 5.80. The average Bonchev–Trinajstić information content (AvgIpc) is 2.78. The van der Waals surface area contributed by atoms with E-state index in [1.165, 1.54) is 0 Å². The van der Waals surface area contributed by atoms with Gasteiger partial charge in [0.25, 0.3) is 0 Å². The normalized spacial score (nSPS) is 15.9. The van der Waals surface area contributed by atoms with Crippen LogP contribution in [0.1, 0.15) is 18.1 Å². The van der Waals surface area contributed by atoms with Crippen molar-refractivity contribution in [2.75, 3.05) is 52.8 Å². The second-order valence-electron chi connectivity index (χ2n) is 7.84. The highest BCUT2D eigenvalue weighted by Crippen LogP contribution is 2.40. The monoisotopic (exact) mass is 427 g/mol. The first-order valence-electron chi connectivity index (χ1n) is 10.6. The lowest BCUT2D eigenvalue weighted by Gasteiger charge is -2.37. The molecule has 0 aliphatic carbocycles. The fraction of sp³-hybridized carbons (Fsp3) is 0.458. The number of amides is 1. The molecule has 1 atom stereocenters. The van der Waals surface area contributed by atoms with Gasteiger partial charge in [-0.25, -0.2) is 0 Å². The van der Waals surface area contributed by atoms with Crippen LogP contribution in [0.2, 0.25) is 0 Å². The predicted molar refractivity (Wildman–Crippen MR) is 122 cm³/mol. The molecule has 1 aliphatic rings. The second-order valence-corrected chi connectivity index (χ2v) is 7.84. The fourth-order valence-corrected chi connectivity index (χ4v) is 3.97. The molecule has 1 fully saturated rings. The minimum atomic E-state index is -0.182. The Morgan fingerprint density at radius 2 is 1.71 bits per heavy atom. The Balaban J connectivity index is 1.58. The first-order chi connectivity index (χ1) is 15.0. The van der Waals surface area contributed by atoms with Gasteiger partial charge in [-0.1, -0.05) is 18.2 Å². The highest BCUT2D eigenvalue weighted by molar-refractivity contribution is 5.94. The van der Waals surface area contributed by atoms with E-state index < -0.39 is 0 Å². The van der Waals surface area contributed by atoms with Crippen LogP contribution in [-0.2, 0) is 11.3 Å². The molecule has 0 radical (unpaired) electrons. The van der Waals surface area contributed by atoms with Crippen molar-refractivity contribution in [1.29, 1.82) is 0 Å². The number of piperazine rings is 1. The van der Waals surface area contributed by atoms with Crippen LogP contribution in [0.15, 0.2) is 36.4 Å². The summed E-state index contributed by atoms with van der Waals surface area (Å²) in [6.07, 6.45) is 0. The van der Waals surface area contributed by atoms with Gasteiger partial charge in [0.1, 0.15) is 0 Å². The molecule has 7 nitrogen and oxygen atoms in total. The third kappa shape index (κ3) is 5.48. The van der Waals surface area contributed by atoms with E-state index in [4.69, 9.17) is 14.2 Å². The van der Waals surface area contributed by atoms with Crippen LogP contribution in [0, 0.1) is 6.92 Å². The molecule has 31 heavy (non-hydrogen) atoms. The van der Waals surface area contributed by atoms with Crippen molar-refractivity contribution in [3.63, 3.8) is 0 Å². The van der Waals surface area contributed by atoms with E-state index in [1.807, 2.05) is 50.2 Å². The van der Waals surface area contributed by atoms with Crippen molar-refractivity contribution in [3.8, 4) is 17.2 Å². The fourth-order valence-electron chi connectivity index (χ4n) is 3.97. The number of hydrogen-bond acceptors (Lipinski definition) is 6. The lowest BCUT2D eigenvalue weighted by Crippen LogP contribution is -2.52. The number of carbonyl (C=O) groups excluding carboxylic acids is 1. The largest absolute Gasteiger partial charge is 0.493 e. The van der Waals surface area contributed by atoms with E-state index in [0.29, 0.717) is 17.2 Å². The Morgan fingerprint density at radius 1 is 1.00 bits per heavy atom. The maximum absolute atomic E-state index is 12.7. The van der Waals surface area contributed by atoms with Crippen LogP contribution < -0.4 is 19.5 Å². The number of benzene rings is 2. The number of anilines is 1. The molecule has 168 valence electrons. The molecule has 0 spiro atoms. The van der Waals surface area contributed by atoms with Gasteiger partial charge in [0.15, 0.2) is 11.5 Å². The average molecular weight is 428 g/mol. The molecule has 7 heteroatoms. The van der Waals surface area contributed by atoms with E-state index in [9.17, 15) is 4.79 Å².